The van der Waals surface area contributed by atoms with Crippen LogP contribution in [0.15, 0.2) is 12.5 Å². The molecule has 0 saturated heterocycles. The molecule has 0 aromatic carbocycles. The number of thiol groups is 1. The maximum Gasteiger partial charge on any atom is 0.327 e. The van der Waals surface area contributed by atoms with E-state index >= 15 is 0 Å². The molecular weight excluding hydrogens is 400 g/mol. The Hall–Kier alpha value is -2.60. The number of imidazole rings is 1. The van der Waals surface area contributed by atoms with Gasteiger partial charge in [0.25, 0.3) is 0 Å². The predicted molar refractivity (Wildman–Crippen MR) is 108 cm³/mol. The van der Waals surface area contributed by atoms with Gasteiger partial charge in [0.2, 0.25) is 17.7 Å². The van der Waals surface area contributed by atoms with Gasteiger partial charge in [0.05, 0.1) is 12.4 Å². The van der Waals surface area contributed by atoms with Crippen LogP contribution in [-0.2, 0) is 25.6 Å². The van der Waals surface area contributed by atoms with Gasteiger partial charge in [-0.15, -0.1) is 0 Å². The standard InChI is InChI=1S/C17H28N6O5S/c1-8(2)13(18)16(26)21-9(3)14(24)22-11(4-10-5-19-7-20-10)15(25)23-12(6-29)17(27)28/h5,7-9,11-13,29H,4,6,18H2,1-3H3,(H,19,20)(H,21,26)(H,22,24)(H,23,25)(H,27,28). The summed E-state index contributed by atoms with van der Waals surface area (Å²) in [7, 11) is 0. The van der Waals surface area contributed by atoms with E-state index in [4.69, 9.17) is 10.8 Å². The molecule has 0 aliphatic heterocycles. The maximum atomic E-state index is 12.6. The van der Waals surface area contributed by atoms with Gasteiger partial charge in [0.15, 0.2) is 0 Å². The predicted octanol–water partition coefficient (Wildman–Crippen LogP) is -1.58. The molecule has 0 aliphatic rings. The summed E-state index contributed by atoms with van der Waals surface area (Å²) in [5.74, 6) is -3.29. The van der Waals surface area contributed by atoms with E-state index in [1.807, 2.05) is 0 Å². The molecule has 0 radical (unpaired) electrons. The number of carboxylic acid groups (broad SMARTS) is 1. The Balaban J connectivity index is 2.84. The first-order chi connectivity index (χ1) is 13.6. The van der Waals surface area contributed by atoms with Crippen LogP contribution >= 0.6 is 12.6 Å². The van der Waals surface area contributed by atoms with Crippen LogP contribution in [0.25, 0.3) is 0 Å². The van der Waals surface area contributed by atoms with Gasteiger partial charge in [0, 0.05) is 24.1 Å². The van der Waals surface area contributed by atoms with Crippen LogP contribution in [0.4, 0.5) is 0 Å². The minimum absolute atomic E-state index is 0.0443. The third-order valence-electron chi connectivity index (χ3n) is 4.18. The number of aromatic nitrogens is 2. The van der Waals surface area contributed by atoms with E-state index in [0.717, 1.165) is 0 Å². The number of aromatic amines is 1. The lowest BCUT2D eigenvalue weighted by Crippen LogP contribution is -2.57. The Morgan fingerprint density at radius 3 is 2.21 bits per heavy atom. The quantitative estimate of drug-likeness (QED) is 0.208. The number of rotatable bonds is 11. The summed E-state index contributed by atoms with van der Waals surface area (Å²) in [6.45, 7) is 5.01. The highest BCUT2D eigenvalue weighted by atomic mass is 32.1. The number of nitrogens with two attached hydrogens (primary N) is 1. The van der Waals surface area contributed by atoms with E-state index in [9.17, 15) is 19.2 Å². The van der Waals surface area contributed by atoms with Gasteiger partial charge in [-0.05, 0) is 12.8 Å². The number of carbonyl (C=O) groups excluding carboxylic acids is 3. The van der Waals surface area contributed by atoms with Crippen LogP contribution < -0.4 is 21.7 Å². The van der Waals surface area contributed by atoms with Crippen LogP contribution in [0.3, 0.4) is 0 Å². The Morgan fingerprint density at radius 2 is 1.72 bits per heavy atom. The molecule has 4 unspecified atom stereocenters. The zero-order chi connectivity index (χ0) is 22.1. The van der Waals surface area contributed by atoms with E-state index < -0.39 is 47.9 Å². The lowest BCUT2D eigenvalue weighted by atomic mass is 10.0. The smallest absolute Gasteiger partial charge is 0.327 e. The first-order valence-electron chi connectivity index (χ1n) is 9.04. The van der Waals surface area contributed by atoms with Crippen LogP contribution in [0.5, 0.6) is 0 Å². The second kappa shape index (κ2) is 11.4. The molecule has 0 aliphatic carbocycles. The number of hydrogen-bond acceptors (Lipinski definition) is 7. The van der Waals surface area contributed by atoms with Crippen molar-refractivity contribution in [1.82, 2.24) is 25.9 Å². The number of amides is 3. The molecule has 0 saturated carbocycles. The van der Waals surface area contributed by atoms with Gasteiger partial charge in [-0.25, -0.2) is 9.78 Å². The molecule has 12 heteroatoms. The van der Waals surface area contributed by atoms with Crippen molar-refractivity contribution in [3.63, 3.8) is 0 Å². The molecule has 7 N–H and O–H groups in total. The molecule has 162 valence electrons. The van der Waals surface area contributed by atoms with Crippen molar-refractivity contribution in [2.24, 2.45) is 11.7 Å². The molecule has 4 atom stereocenters. The molecule has 0 spiro atoms. The highest BCUT2D eigenvalue weighted by Gasteiger charge is 2.29. The second-order valence-electron chi connectivity index (χ2n) is 6.92. The van der Waals surface area contributed by atoms with Crippen LogP contribution in [-0.4, -0.2) is 68.7 Å². The van der Waals surface area contributed by atoms with Crippen LogP contribution in [0, 0.1) is 5.92 Å². The van der Waals surface area contributed by atoms with Crippen molar-refractivity contribution in [3.05, 3.63) is 18.2 Å². The van der Waals surface area contributed by atoms with E-state index in [1.165, 1.54) is 19.4 Å². The van der Waals surface area contributed by atoms with Crippen LogP contribution in [0.2, 0.25) is 0 Å². The number of aliphatic carboxylic acids is 1. The zero-order valence-electron chi connectivity index (χ0n) is 16.5. The number of carboxylic acids is 1. The van der Waals surface area contributed by atoms with Gasteiger partial charge >= 0.3 is 5.97 Å². The fourth-order valence-corrected chi connectivity index (χ4v) is 2.51. The Bertz CT molecular complexity index is 711. The fraction of sp³-hybridized carbons (Fsp3) is 0.588. The third kappa shape index (κ3) is 7.74. The molecule has 0 bridgehead atoms. The maximum absolute atomic E-state index is 12.6. The third-order valence-corrected chi connectivity index (χ3v) is 4.55. The van der Waals surface area contributed by atoms with Gasteiger partial charge in [-0.3, -0.25) is 14.4 Å². The van der Waals surface area contributed by atoms with E-state index in [-0.39, 0.29) is 18.1 Å². The number of H-pyrrole nitrogens is 1. The lowest BCUT2D eigenvalue weighted by molar-refractivity contribution is -0.141. The number of nitrogens with one attached hydrogen (secondary N) is 4. The normalized spacial score (nSPS) is 15.1. The minimum atomic E-state index is -1.25. The largest absolute Gasteiger partial charge is 0.480 e. The summed E-state index contributed by atoms with van der Waals surface area (Å²) in [6.07, 6.45) is 2.94. The molecule has 1 aromatic heterocycles. The van der Waals surface area contributed by atoms with Crippen molar-refractivity contribution in [2.45, 2.75) is 51.4 Å². The molecule has 0 fully saturated rings. The average molecular weight is 429 g/mol. The minimum Gasteiger partial charge on any atom is -0.480 e. The Kier molecular flexibility index (Phi) is 9.62. The molecule has 1 rings (SSSR count). The second-order valence-corrected chi connectivity index (χ2v) is 7.29. The zero-order valence-corrected chi connectivity index (χ0v) is 17.4. The van der Waals surface area contributed by atoms with E-state index in [0.29, 0.717) is 5.69 Å². The van der Waals surface area contributed by atoms with Gasteiger partial charge in [-0.1, -0.05) is 13.8 Å². The number of nitrogens with zero attached hydrogens (tertiary/aromatic N) is 1. The monoisotopic (exact) mass is 428 g/mol. The molecule has 1 heterocycles. The SMILES string of the molecule is CC(NC(=O)C(N)C(C)C)C(=O)NC(Cc1cnc[nH]1)C(=O)NC(CS)C(=O)O. The van der Waals surface area contributed by atoms with E-state index in [1.54, 1.807) is 13.8 Å². The highest BCUT2D eigenvalue weighted by molar-refractivity contribution is 7.80. The molecule has 11 nitrogen and oxygen atoms in total. The van der Waals surface area contributed by atoms with Crippen molar-refractivity contribution in [1.29, 1.82) is 0 Å². The Labute approximate surface area is 174 Å². The average Bonchev–Trinajstić information content (AvgIpc) is 3.17. The fourth-order valence-electron chi connectivity index (χ4n) is 2.26. The highest BCUT2D eigenvalue weighted by Crippen LogP contribution is 2.02. The molecular formula is C17H28N6O5S. The molecule has 29 heavy (non-hydrogen) atoms. The summed E-state index contributed by atoms with van der Waals surface area (Å²) < 4.78 is 0. The molecule has 1 aromatic rings. The first kappa shape index (κ1) is 24.4. The van der Waals surface area contributed by atoms with Crippen molar-refractivity contribution in [3.8, 4) is 0 Å². The lowest BCUT2D eigenvalue weighted by Gasteiger charge is -2.23. The van der Waals surface area contributed by atoms with Gasteiger partial charge < -0.3 is 31.8 Å². The summed E-state index contributed by atoms with van der Waals surface area (Å²) in [5.41, 5.74) is 6.32. The summed E-state index contributed by atoms with van der Waals surface area (Å²) >= 11 is 3.90. The van der Waals surface area contributed by atoms with Crippen molar-refractivity contribution >= 4 is 36.3 Å². The Morgan fingerprint density at radius 1 is 1.10 bits per heavy atom. The summed E-state index contributed by atoms with van der Waals surface area (Å²) in [5, 5.41) is 16.5. The first-order valence-corrected chi connectivity index (χ1v) is 9.67. The number of hydrogen-bond donors (Lipinski definition) is 7. The van der Waals surface area contributed by atoms with Crippen LogP contribution in [0.1, 0.15) is 26.5 Å². The number of carbonyl (C=O) groups is 4. The summed E-state index contributed by atoms with van der Waals surface area (Å²) in [4.78, 5) is 54.9. The molecule has 3 amide bonds. The topological polar surface area (TPSA) is 179 Å². The van der Waals surface area contributed by atoms with Gasteiger partial charge in [0.1, 0.15) is 18.1 Å². The van der Waals surface area contributed by atoms with Crippen molar-refractivity contribution < 1.29 is 24.3 Å². The van der Waals surface area contributed by atoms with Crippen molar-refractivity contribution in [2.75, 3.05) is 5.75 Å². The summed E-state index contributed by atoms with van der Waals surface area (Å²) in [6, 6.07) is -4.04. The van der Waals surface area contributed by atoms with E-state index in [2.05, 4.69) is 38.5 Å². The van der Waals surface area contributed by atoms with Gasteiger partial charge in [-0.2, -0.15) is 12.6 Å².